The molecule has 1 aromatic carbocycles. The van der Waals surface area contributed by atoms with Gasteiger partial charge in [-0.25, -0.2) is 4.79 Å². The zero-order valence-electron chi connectivity index (χ0n) is 20.3. The van der Waals surface area contributed by atoms with E-state index in [1.165, 1.54) is 16.2 Å². The van der Waals surface area contributed by atoms with Crippen molar-refractivity contribution in [1.82, 2.24) is 20.4 Å². The second-order valence-electron chi connectivity index (χ2n) is 8.41. The monoisotopic (exact) mass is 498 g/mol. The Morgan fingerprint density at radius 1 is 1.14 bits per heavy atom. The number of aryl methyl sites for hydroxylation is 1. The molecule has 1 atom stereocenters. The van der Waals surface area contributed by atoms with E-state index in [1.807, 2.05) is 43.5 Å². The Kier molecular flexibility index (Phi) is 9.13. The van der Waals surface area contributed by atoms with Crippen molar-refractivity contribution in [2.75, 3.05) is 13.2 Å². The third kappa shape index (κ3) is 6.98. The van der Waals surface area contributed by atoms with Gasteiger partial charge in [0.2, 0.25) is 5.89 Å². The molecule has 2 heterocycles. The average molecular weight is 499 g/mol. The van der Waals surface area contributed by atoms with E-state index in [1.54, 1.807) is 26.0 Å². The van der Waals surface area contributed by atoms with Crippen LogP contribution in [-0.2, 0) is 20.9 Å². The number of nitrogens with zero attached hydrogens (tertiary/aromatic N) is 3. The Morgan fingerprint density at radius 3 is 2.57 bits per heavy atom. The van der Waals surface area contributed by atoms with Gasteiger partial charge in [-0.2, -0.15) is 0 Å². The second-order valence-corrected chi connectivity index (χ2v) is 9.36. The van der Waals surface area contributed by atoms with Crippen LogP contribution in [0.5, 0.6) is 0 Å². The highest BCUT2D eigenvalue weighted by atomic mass is 32.1. The van der Waals surface area contributed by atoms with Gasteiger partial charge >= 0.3 is 5.97 Å². The number of thiophene rings is 1. The fourth-order valence-electron chi connectivity index (χ4n) is 3.40. The molecule has 186 valence electrons. The van der Waals surface area contributed by atoms with Crippen LogP contribution in [0.2, 0.25) is 0 Å². The molecule has 35 heavy (non-hydrogen) atoms. The van der Waals surface area contributed by atoms with Crippen LogP contribution in [0.25, 0.3) is 10.8 Å². The summed E-state index contributed by atoms with van der Waals surface area (Å²) in [7, 11) is 0. The predicted octanol–water partition coefficient (Wildman–Crippen LogP) is 3.84. The van der Waals surface area contributed by atoms with Crippen molar-refractivity contribution in [3.63, 3.8) is 0 Å². The topological polar surface area (TPSA) is 115 Å². The van der Waals surface area contributed by atoms with E-state index in [9.17, 15) is 14.4 Å². The van der Waals surface area contributed by atoms with E-state index in [2.05, 4.69) is 15.5 Å². The van der Waals surface area contributed by atoms with Gasteiger partial charge in [0.05, 0.1) is 11.4 Å². The number of nitrogens with one attached hydrogen (secondary N) is 1. The predicted molar refractivity (Wildman–Crippen MR) is 132 cm³/mol. The number of carbonyl (C=O) groups excluding carboxylic acids is 3. The molecule has 10 heteroatoms. The van der Waals surface area contributed by atoms with Crippen LogP contribution in [0.1, 0.15) is 49.0 Å². The first-order valence-corrected chi connectivity index (χ1v) is 12.3. The normalized spacial score (nSPS) is 11.8. The molecule has 0 aliphatic carbocycles. The minimum Gasteiger partial charge on any atom is -0.454 e. The van der Waals surface area contributed by atoms with Crippen molar-refractivity contribution in [3.8, 4) is 10.8 Å². The Balaban J connectivity index is 1.59. The highest BCUT2D eigenvalue weighted by Gasteiger charge is 2.28. The molecule has 3 aromatic rings. The molecule has 0 saturated heterocycles. The number of benzene rings is 1. The third-order valence-electron chi connectivity index (χ3n) is 5.31. The zero-order chi connectivity index (χ0) is 25.4. The minimum absolute atomic E-state index is 0.111. The summed E-state index contributed by atoms with van der Waals surface area (Å²) in [6, 6.07) is 9.99. The van der Waals surface area contributed by atoms with Crippen LogP contribution in [0.3, 0.4) is 0 Å². The lowest BCUT2D eigenvalue weighted by Crippen LogP contribution is -2.46. The highest BCUT2D eigenvalue weighted by molar-refractivity contribution is 7.13. The van der Waals surface area contributed by atoms with Crippen LogP contribution in [-0.4, -0.2) is 52.1 Å². The van der Waals surface area contributed by atoms with Crippen molar-refractivity contribution >= 4 is 29.1 Å². The molecule has 0 fully saturated rings. The maximum atomic E-state index is 12.8. The summed E-state index contributed by atoms with van der Waals surface area (Å²) in [6.45, 7) is 7.46. The van der Waals surface area contributed by atoms with Gasteiger partial charge in [-0.3, -0.25) is 9.59 Å². The average Bonchev–Trinajstić information content (AvgIpc) is 3.52. The van der Waals surface area contributed by atoms with Gasteiger partial charge in [-0.1, -0.05) is 45.0 Å². The summed E-state index contributed by atoms with van der Waals surface area (Å²) in [5.74, 6) is -0.947. The Labute approximate surface area is 208 Å². The summed E-state index contributed by atoms with van der Waals surface area (Å²) >= 11 is 1.48. The minimum atomic E-state index is -0.890. The molecule has 0 bridgehead atoms. The Morgan fingerprint density at radius 2 is 1.91 bits per heavy atom. The number of carbonyl (C=O) groups is 3. The summed E-state index contributed by atoms with van der Waals surface area (Å²) in [4.78, 5) is 40.6. The molecular weight excluding hydrogens is 468 g/mol. The summed E-state index contributed by atoms with van der Waals surface area (Å²) < 4.78 is 11.0. The molecule has 0 spiro atoms. The number of hydrogen-bond donors (Lipinski definition) is 1. The van der Waals surface area contributed by atoms with Crippen LogP contribution in [0.15, 0.2) is 46.2 Å². The lowest BCUT2D eigenvalue weighted by Gasteiger charge is -2.23. The molecule has 0 radical (unpaired) electrons. The van der Waals surface area contributed by atoms with Gasteiger partial charge < -0.3 is 19.4 Å². The van der Waals surface area contributed by atoms with Crippen molar-refractivity contribution in [2.45, 2.75) is 46.7 Å². The van der Waals surface area contributed by atoms with Crippen molar-refractivity contribution < 1.29 is 23.5 Å². The first kappa shape index (κ1) is 26.1. The molecule has 0 aliphatic heterocycles. The number of amides is 2. The van der Waals surface area contributed by atoms with Gasteiger partial charge in [0, 0.05) is 12.1 Å². The number of rotatable bonds is 11. The Bertz CT molecular complexity index is 1140. The second kappa shape index (κ2) is 12.3. The van der Waals surface area contributed by atoms with Gasteiger partial charge in [0.15, 0.2) is 6.61 Å². The quantitative estimate of drug-likeness (QED) is 0.399. The first-order chi connectivity index (χ1) is 16.8. The largest absolute Gasteiger partial charge is 0.454 e. The van der Waals surface area contributed by atoms with Gasteiger partial charge in [0.25, 0.3) is 17.7 Å². The van der Waals surface area contributed by atoms with Gasteiger partial charge in [0.1, 0.15) is 6.04 Å². The molecule has 3 rings (SSSR count). The smallest absolute Gasteiger partial charge is 0.329 e. The fourth-order valence-corrected chi connectivity index (χ4v) is 4.04. The van der Waals surface area contributed by atoms with Gasteiger partial charge in [-0.15, -0.1) is 21.5 Å². The van der Waals surface area contributed by atoms with E-state index in [4.69, 9.17) is 9.15 Å². The van der Waals surface area contributed by atoms with E-state index in [0.29, 0.717) is 30.3 Å². The maximum Gasteiger partial charge on any atom is 0.329 e. The Hall–Kier alpha value is -3.53. The highest BCUT2D eigenvalue weighted by Crippen LogP contribution is 2.23. The molecule has 0 unspecified atom stereocenters. The van der Waals surface area contributed by atoms with Crippen LogP contribution >= 0.6 is 11.3 Å². The number of hydrogen-bond acceptors (Lipinski definition) is 8. The molecule has 2 amide bonds. The summed E-state index contributed by atoms with van der Waals surface area (Å²) in [6.07, 6.45) is 0.701. The lowest BCUT2D eigenvalue weighted by molar-refractivity contribution is -0.154. The van der Waals surface area contributed by atoms with E-state index < -0.39 is 18.6 Å². The standard InChI is InChI=1S/C25H30N4O5S/c1-5-12-29(14-20-27-28-24(34-20)19-11-8-13-35-19)21(30)15-33-25(32)22(16(2)3)26-23(31)18-10-7-6-9-17(18)4/h6-11,13,16,22H,5,12,14-15H2,1-4H3,(H,26,31)/t22-/m0/s1. The SMILES string of the molecule is CCCN(Cc1nnc(-c2cccs2)o1)C(=O)COC(=O)[C@@H](NC(=O)c1ccccc1C)C(C)C. The maximum absolute atomic E-state index is 12.8. The van der Waals surface area contributed by atoms with Crippen molar-refractivity contribution in [2.24, 2.45) is 5.92 Å². The van der Waals surface area contributed by atoms with E-state index in [0.717, 1.165) is 10.4 Å². The van der Waals surface area contributed by atoms with Crippen molar-refractivity contribution in [3.05, 3.63) is 58.8 Å². The number of esters is 1. The van der Waals surface area contributed by atoms with Crippen LogP contribution in [0.4, 0.5) is 0 Å². The van der Waals surface area contributed by atoms with Gasteiger partial charge in [-0.05, 0) is 42.3 Å². The molecular formula is C25H30N4O5S. The zero-order valence-corrected chi connectivity index (χ0v) is 21.1. The van der Waals surface area contributed by atoms with E-state index in [-0.39, 0.29) is 24.3 Å². The molecule has 2 aromatic heterocycles. The van der Waals surface area contributed by atoms with Crippen LogP contribution < -0.4 is 5.32 Å². The third-order valence-corrected chi connectivity index (χ3v) is 6.16. The van der Waals surface area contributed by atoms with E-state index >= 15 is 0 Å². The molecule has 0 saturated carbocycles. The lowest BCUT2D eigenvalue weighted by atomic mass is 10.0. The van der Waals surface area contributed by atoms with Crippen LogP contribution in [0, 0.1) is 12.8 Å². The first-order valence-electron chi connectivity index (χ1n) is 11.5. The number of ether oxygens (including phenoxy) is 1. The molecule has 0 aliphatic rings. The summed E-state index contributed by atoms with van der Waals surface area (Å²) in [5, 5.41) is 12.7. The molecule has 9 nitrogen and oxygen atoms in total. The number of aromatic nitrogens is 2. The molecule has 1 N–H and O–H groups in total. The fraction of sp³-hybridized carbons (Fsp3) is 0.400. The summed E-state index contributed by atoms with van der Waals surface area (Å²) in [5.41, 5.74) is 1.28. The van der Waals surface area contributed by atoms with Crippen molar-refractivity contribution in [1.29, 1.82) is 0 Å².